The number of hydrogen-bond donors (Lipinski definition) is 0. The van der Waals surface area contributed by atoms with Crippen LogP contribution >= 0.6 is 23.1 Å². The van der Waals surface area contributed by atoms with Crippen molar-refractivity contribution in [2.75, 3.05) is 0 Å². The Hall–Kier alpha value is -1.14. The molecule has 134 valence electrons. The van der Waals surface area contributed by atoms with Crippen molar-refractivity contribution in [2.45, 2.75) is 75.7 Å². The Bertz CT molecular complexity index is 884. The van der Waals surface area contributed by atoms with E-state index in [0.29, 0.717) is 24.7 Å². The molecule has 0 bridgehead atoms. The van der Waals surface area contributed by atoms with Crippen LogP contribution in [0.3, 0.4) is 0 Å². The number of thioether (sulfide) groups is 1. The summed E-state index contributed by atoms with van der Waals surface area (Å²) in [7, 11) is 0. The molecular formula is C19H24N2O2S2. The first-order chi connectivity index (χ1) is 12.1. The smallest absolute Gasteiger partial charge is 0.263 e. The SMILES string of the molecule is CCn1c(S[C@H]2CCCCC2=O)nc2sc3c(c2c1=O)CC[C@H](C)C3. The summed E-state index contributed by atoms with van der Waals surface area (Å²) in [5, 5.41) is 1.53. The van der Waals surface area contributed by atoms with Gasteiger partial charge in [-0.05, 0) is 50.5 Å². The van der Waals surface area contributed by atoms with Gasteiger partial charge < -0.3 is 0 Å². The predicted molar refractivity (Wildman–Crippen MR) is 104 cm³/mol. The summed E-state index contributed by atoms with van der Waals surface area (Å²) in [6.45, 7) is 4.87. The van der Waals surface area contributed by atoms with Gasteiger partial charge in [0.15, 0.2) is 5.16 Å². The maximum Gasteiger partial charge on any atom is 0.263 e. The van der Waals surface area contributed by atoms with Crippen LogP contribution in [0.4, 0.5) is 0 Å². The highest BCUT2D eigenvalue weighted by molar-refractivity contribution is 8.00. The number of carbonyl (C=O) groups excluding carboxylic acids is 1. The second-order valence-corrected chi connectivity index (χ2v) is 9.55. The number of nitrogens with zero attached hydrogens (tertiary/aromatic N) is 2. The molecule has 2 atom stereocenters. The fraction of sp³-hybridized carbons (Fsp3) is 0.632. The minimum Gasteiger partial charge on any atom is -0.298 e. The number of aromatic nitrogens is 2. The van der Waals surface area contributed by atoms with E-state index in [4.69, 9.17) is 4.98 Å². The third-order valence-electron chi connectivity index (χ3n) is 5.44. The molecule has 0 unspecified atom stereocenters. The van der Waals surface area contributed by atoms with E-state index >= 15 is 0 Å². The molecule has 2 aliphatic carbocycles. The van der Waals surface area contributed by atoms with Crippen LogP contribution in [0.5, 0.6) is 0 Å². The number of ketones is 1. The minimum atomic E-state index is -0.0366. The Labute approximate surface area is 156 Å². The number of carbonyl (C=O) groups is 1. The van der Waals surface area contributed by atoms with E-state index in [9.17, 15) is 9.59 Å². The van der Waals surface area contributed by atoms with Gasteiger partial charge in [-0.15, -0.1) is 11.3 Å². The quantitative estimate of drug-likeness (QED) is 0.753. The normalized spacial score (nSPS) is 23.8. The third-order valence-corrected chi connectivity index (χ3v) is 7.90. The summed E-state index contributed by atoms with van der Waals surface area (Å²) in [5.41, 5.74) is 1.33. The number of aryl methyl sites for hydroxylation is 1. The summed E-state index contributed by atoms with van der Waals surface area (Å²) in [4.78, 5) is 32.4. The lowest BCUT2D eigenvalue weighted by molar-refractivity contribution is -0.119. The molecule has 4 rings (SSSR count). The van der Waals surface area contributed by atoms with Crippen molar-refractivity contribution < 1.29 is 4.79 Å². The van der Waals surface area contributed by atoms with Gasteiger partial charge >= 0.3 is 0 Å². The van der Waals surface area contributed by atoms with Gasteiger partial charge in [-0.3, -0.25) is 14.2 Å². The zero-order chi connectivity index (χ0) is 17.6. The lowest BCUT2D eigenvalue weighted by atomic mass is 9.89. The van der Waals surface area contributed by atoms with E-state index in [1.165, 1.54) is 22.2 Å². The zero-order valence-electron chi connectivity index (χ0n) is 14.8. The Kier molecular flexibility index (Phi) is 4.75. The van der Waals surface area contributed by atoms with Gasteiger partial charge in [0.25, 0.3) is 5.56 Å². The summed E-state index contributed by atoms with van der Waals surface area (Å²) in [6, 6.07) is 0. The molecule has 1 saturated carbocycles. The van der Waals surface area contributed by atoms with Crippen LogP contribution in [0.25, 0.3) is 10.2 Å². The number of fused-ring (bicyclic) bond motifs is 3. The second kappa shape index (κ2) is 6.88. The van der Waals surface area contributed by atoms with E-state index in [2.05, 4.69) is 6.92 Å². The Balaban J connectivity index is 1.80. The third kappa shape index (κ3) is 3.08. The largest absolute Gasteiger partial charge is 0.298 e. The maximum absolute atomic E-state index is 13.1. The van der Waals surface area contributed by atoms with Gasteiger partial charge in [0.05, 0.1) is 10.6 Å². The fourth-order valence-electron chi connectivity index (χ4n) is 3.98. The summed E-state index contributed by atoms with van der Waals surface area (Å²) in [5.74, 6) is 0.996. The van der Waals surface area contributed by atoms with Crippen molar-refractivity contribution in [2.24, 2.45) is 5.92 Å². The van der Waals surface area contributed by atoms with Gasteiger partial charge in [-0.2, -0.15) is 0 Å². The average molecular weight is 377 g/mol. The Morgan fingerprint density at radius 3 is 2.84 bits per heavy atom. The van der Waals surface area contributed by atoms with Crippen LogP contribution in [0.15, 0.2) is 9.95 Å². The van der Waals surface area contributed by atoms with E-state index in [1.807, 2.05) is 6.92 Å². The van der Waals surface area contributed by atoms with Crippen molar-refractivity contribution in [1.82, 2.24) is 9.55 Å². The zero-order valence-corrected chi connectivity index (χ0v) is 16.5. The molecule has 0 N–H and O–H groups in total. The van der Waals surface area contributed by atoms with Gasteiger partial charge in [-0.1, -0.05) is 25.1 Å². The van der Waals surface area contributed by atoms with Crippen LogP contribution < -0.4 is 5.56 Å². The lowest BCUT2D eigenvalue weighted by Crippen LogP contribution is -2.26. The monoisotopic (exact) mass is 376 g/mol. The molecule has 1 fully saturated rings. The first kappa shape index (κ1) is 17.3. The summed E-state index contributed by atoms with van der Waals surface area (Å²) < 4.78 is 1.78. The number of thiophene rings is 1. The molecule has 2 aromatic rings. The molecule has 25 heavy (non-hydrogen) atoms. The standard InChI is InChI=1S/C19H24N2O2S2/c1-3-21-18(23)16-12-9-8-11(2)10-15(12)24-17(16)20-19(21)25-14-7-5-4-6-13(14)22/h11,14H,3-10H2,1-2H3/t11-,14-/m0/s1. The fourth-order valence-corrected chi connectivity index (χ4v) is 6.68. The van der Waals surface area contributed by atoms with Gasteiger partial charge in [0, 0.05) is 17.8 Å². The molecule has 6 heteroatoms. The van der Waals surface area contributed by atoms with Crippen LogP contribution in [-0.4, -0.2) is 20.6 Å². The maximum atomic E-state index is 13.1. The van der Waals surface area contributed by atoms with Crippen LogP contribution in [0, 0.1) is 5.92 Å². The van der Waals surface area contributed by atoms with Crippen molar-refractivity contribution in [1.29, 1.82) is 0 Å². The van der Waals surface area contributed by atoms with E-state index in [1.54, 1.807) is 15.9 Å². The minimum absolute atomic E-state index is 0.0366. The highest BCUT2D eigenvalue weighted by Gasteiger charge is 2.28. The number of hydrogen-bond acceptors (Lipinski definition) is 5. The molecule has 2 aliphatic rings. The Morgan fingerprint density at radius 1 is 1.24 bits per heavy atom. The van der Waals surface area contributed by atoms with Crippen molar-refractivity contribution >= 4 is 39.1 Å². The van der Waals surface area contributed by atoms with Gasteiger partial charge in [0.2, 0.25) is 0 Å². The molecule has 0 spiro atoms. The van der Waals surface area contributed by atoms with Crippen molar-refractivity contribution in [3.63, 3.8) is 0 Å². The molecular weight excluding hydrogens is 352 g/mol. The molecule has 0 aliphatic heterocycles. The van der Waals surface area contributed by atoms with Crippen LogP contribution in [0.2, 0.25) is 0 Å². The van der Waals surface area contributed by atoms with Crippen molar-refractivity contribution in [3.05, 3.63) is 20.8 Å². The lowest BCUT2D eigenvalue weighted by Gasteiger charge is -2.21. The van der Waals surface area contributed by atoms with Crippen LogP contribution in [-0.2, 0) is 24.2 Å². The average Bonchev–Trinajstić information content (AvgIpc) is 2.94. The van der Waals surface area contributed by atoms with Gasteiger partial charge in [-0.25, -0.2) is 4.98 Å². The molecule has 0 saturated heterocycles. The second-order valence-electron chi connectivity index (χ2n) is 7.29. The highest BCUT2D eigenvalue weighted by atomic mass is 32.2. The van der Waals surface area contributed by atoms with Crippen molar-refractivity contribution in [3.8, 4) is 0 Å². The highest BCUT2D eigenvalue weighted by Crippen LogP contribution is 2.37. The van der Waals surface area contributed by atoms with E-state index in [0.717, 1.165) is 53.9 Å². The predicted octanol–water partition coefficient (Wildman–Crippen LogP) is 4.21. The summed E-state index contributed by atoms with van der Waals surface area (Å²) >= 11 is 3.20. The topological polar surface area (TPSA) is 52.0 Å². The Morgan fingerprint density at radius 2 is 2.08 bits per heavy atom. The first-order valence-corrected chi connectivity index (χ1v) is 11.0. The van der Waals surface area contributed by atoms with Crippen LogP contribution in [0.1, 0.15) is 56.4 Å². The number of rotatable bonds is 3. The molecule has 4 nitrogen and oxygen atoms in total. The molecule has 2 heterocycles. The molecule has 0 amide bonds. The van der Waals surface area contributed by atoms with Gasteiger partial charge in [0.1, 0.15) is 10.6 Å². The first-order valence-electron chi connectivity index (χ1n) is 9.33. The van der Waals surface area contributed by atoms with E-state index in [-0.39, 0.29) is 10.8 Å². The molecule has 0 radical (unpaired) electrons. The molecule has 0 aromatic carbocycles. The number of Topliss-reactive ketones (excluding diaryl/α,β-unsaturated/α-hetero) is 1. The molecule has 2 aromatic heterocycles. The summed E-state index contributed by atoms with van der Waals surface area (Å²) in [6.07, 6.45) is 6.86. The van der Waals surface area contributed by atoms with E-state index < -0.39 is 0 Å².